The molecule has 2 aromatic heterocycles. The van der Waals surface area contributed by atoms with E-state index >= 15 is 0 Å². The number of H-pyrrole nitrogens is 1. The van der Waals surface area contributed by atoms with E-state index in [2.05, 4.69) is 40.0 Å². The van der Waals surface area contributed by atoms with Gasteiger partial charge in [-0.25, -0.2) is 0 Å². The highest BCUT2D eigenvalue weighted by Gasteiger charge is 2.19. The molecular weight excluding hydrogens is 278 g/mol. The largest absolute Gasteiger partial charge is 0.310 e. The second-order valence-corrected chi connectivity index (χ2v) is 7.12. The van der Waals surface area contributed by atoms with Gasteiger partial charge in [0.1, 0.15) is 0 Å². The van der Waals surface area contributed by atoms with E-state index in [1.807, 2.05) is 6.20 Å². The van der Waals surface area contributed by atoms with Crippen molar-refractivity contribution in [2.45, 2.75) is 58.0 Å². The number of rotatable bonds is 5. The van der Waals surface area contributed by atoms with Crippen molar-refractivity contribution >= 4 is 11.3 Å². The van der Waals surface area contributed by atoms with E-state index < -0.39 is 0 Å². The van der Waals surface area contributed by atoms with Crippen LogP contribution in [0, 0.1) is 5.92 Å². The van der Waals surface area contributed by atoms with Crippen LogP contribution in [-0.2, 0) is 6.54 Å². The summed E-state index contributed by atoms with van der Waals surface area (Å²) in [4.78, 5) is 1.27. The Hall–Kier alpha value is -1.13. The van der Waals surface area contributed by atoms with E-state index in [-0.39, 0.29) is 0 Å². The Morgan fingerprint density at radius 1 is 1.33 bits per heavy atom. The molecule has 2 aromatic rings. The smallest absolute Gasteiger partial charge is 0.0794 e. The van der Waals surface area contributed by atoms with Crippen molar-refractivity contribution in [1.82, 2.24) is 15.5 Å². The molecule has 2 N–H and O–H groups in total. The minimum atomic E-state index is 0.592. The van der Waals surface area contributed by atoms with Crippen molar-refractivity contribution < 1.29 is 0 Å². The third kappa shape index (κ3) is 3.74. The van der Waals surface area contributed by atoms with Gasteiger partial charge in [-0.3, -0.25) is 5.10 Å². The first-order valence-electron chi connectivity index (χ1n) is 8.14. The van der Waals surface area contributed by atoms with Gasteiger partial charge in [0.2, 0.25) is 0 Å². The lowest BCUT2D eigenvalue weighted by Crippen LogP contribution is -2.33. The van der Waals surface area contributed by atoms with Crippen LogP contribution in [0.1, 0.15) is 51.0 Å². The van der Waals surface area contributed by atoms with Crippen molar-refractivity contribution in [1.29, 1.82) is 0 Å². The number of aromatic amines is 1. The fourth-order valence-electron chi connectivity index (χ4n) is 3.33. The summed E-state index contributed by atoms with van der Waals surface area (Å²) in [7, 11) is 0. The van der Waals surface area contributed by atoms with Gasteiger partial charge in [-0.05, 0) is 37.1 Å². The van der Waals surface area contributed by atoms with Crippen molar-refractivity contribution in [3.05, 3.63) is 29.3 Å². The Kier molecular flexibility index (Phi) is 5.09. The lowest BCUT2D eigenvalue weighted by molar-refractivity contribution is 0.337. The number of nitrogens with zero attached hydrogens (tertiary/aromatic N) is 1. The number of hydrogen-bond acceptors (Lipinski definition) is 3. The van der Waals surface area contributed by atoms with Crippen LogP contribution >= 0.6 is 11.3 Å². The molecule has 0 saturated heterocycles. The zero-order valence-corrected chi connectivity index (χ0v) is 13.6. The molecule has 0 bridgehead atoms. The molecule has 0 spiro atoms. The summed E-state index contributed by atoms with van der Waals surface area (Å²) >= 11 is 1.76. The summed E-state index contributed by atoms with van der Waals surface area (Å²) in [6.45, 7) is 3.25. The Labute approximate surface area is 131 Å². The van der Waals surface area contributed by atoms with Gasteiger partial charge in [0.25, 0.3) is 0 Å². The van der Waals surface area contributed by atoms with Crippen LogP contribution in [0.4, 0.5) is 0 Å². The van der Waals surface area contributed by atoms with E-state index in [4.69, 9.17) is 0 Å². The average molecular weight is 303 g/mol. The van der Waals surface area contributed by atoms with Crippen LogP contribution in [0.5, 0.6) is 0 Å². The molecule has 1 aliphatic carbocycles. The Balaban J connectivity index is 1.59. The molecule has 114 valence electrons. The number of nitrogens with one attached hydrogen (secondary N) is 2. The first-order valence-corrected chi connectivity index (χ1v) is 9.02. The summed E-state index contributed by atoms with van der Waals surface area (Å²) < 4.78 is 0. The fraction of sp³-hybridized carbons (Fsp3) is 0.588. The van der Waals surface area contributed by atoms with Gasteiger partial charge in [0, 0.05) is 18.2 Å². The quantitative estimate of drug-likeness (QED) is 0.793. The predicted molar refractivity (Wildman–Crippen MR) is 89.4 cm³/mol. The van der Waals surface area contributed by atoms with Crippen LogP contribution < -0.4 is 5.32 Å². The highest BCUT2D eigenvalue weighted by molar-refractivity contribution is 7.13. The van der Waals surface area contributed by atoms with Crippen LogP contribution in [0.3, 0.4) is 0 Å². The van der Waals surface area contributed by atoms with Gasteiger partial charge in [-0.15, -0.1) is 11.3 Å². The summed E-state index contributed by atoms with van der Waals surface area (Å²) in [6.07, 6.45) is 10.4. The SMILES string of the molecule is C[C@H](NCc1cn[nH]c1-c1cccs1)C1CCCCCC1. The third-order valence-electron chi connectivity index (χ3n) is 4.71. The third-order valence-corrected chi connectivity index (χ3v) is 5.59. The molecule has 1 fully saturated rings. The minimum absolute atomic E-state index is 0.592. The first-order chi connectivity index (χ1) is 10.3. The van der Waals surface area contributed by atoms with Crippen molar-refractivity contribution in [2.75, 3.05) is 0 Å². The lowest BCUT2D eigenvalue weighted by Gasteiger charge is -2.23. The number of thiophene rings is 1. The molecule has 3 rings (SSSR count). The Morgan fingerprint density at radius 3 is 2.86 bits per heavy atom. The summed E-state index contributed by atoms with van der Waals surface area (Å²) in [6, 6.07) is 4.83. The Bertz CT molecular complexity index is 524. The van der Waals surface area contributed by atoms with E-state index in [1.165, 1.54) is 54.7 Å². The summed E-state index contributed by atoms with van der Waals surface area (Å²) in [5.41, 5.74) is 2.45. The summed E-state index contributed by atoms with van der Waals surface area (Å²) in [5, 5.41) is 13.2. The first kappa shape index (κ1) is 14.8. The molecule has 0 radical (unpaired) electrons. The predicted octanol–water partition coefficient (Wildman–Crippen LogP) is 4.59. The average Bonchev–Trinajstić information content (AvgIpc) is 3.10. The molecule has 0 aromatic carbocycles. The number of aromatic nitrogens is 2. The van der Waals surface area contributed by atoms with Gasteiger partial charge >= 0.3 is 0 Å². The second kappa shape index (κ2) is 7.23. The molecule has 0 aliphatic heterocycles. The van der Waals surface area contributed by atoms with Gasteiger partial charge < -0.3 is 5.32 Å². The van der Waals surface area contributed by atoms with Crippen LogP contribution in [0.15, 0.2) is 23.7 Å². The topological polar surface area (TPSA) is 40.7 Å². The van der Waals surface area contributed by atoms with E-state index in [0.29, 0.717) is 6.04 Å². The lowest BCUT2D eigenvalue weighted by atomic mass is 9.93. The van der Waals surface area contributed by atoms with E-state index in [0.717, 1.165) is 12.5 Å². The molecule has 0 amide bonds. The highest BCUT2D eigenvalue weighted by Crippen LogP contribution is 2.27. The standard InChI is InChI=1S/C17H25N3S/c1-13(14-7-4-2-3-5-8-14)18-11-15-12-19-20-17(15)16-9-6-10-21-16/h6,9-10,12-14,18H,2-5,7-8,11H2,1H3,(H,19,20)/t13-/m0/s1. The van der Waals surface area contributed by atoms with Crippen LogP contribution in [0.2, 0.25) is 0 Å². The van der Waals surface area contributed by atoms with Gasteiger partial charge in [0.15, 0.2) is 0 Å². The van der Waals surface area contributed by atoms with Crippen LogP contribution in [-0.4, -0.2) is 16.2 Å². The van der Waals surface area contributed by atoms with Gasteiger partial charge in [-0.1, -0.05) is 31.7 Å². The molecule has 1 atom stereocenters. The molecular formula is C17H25N3S. The van der Waals surface area contributed by atoms with Gasteiger partial charge in [-0.2, -0.15) is 5.10 Å². The monoisotopic (exact) mass is 303 g/mol. The van der Waals surface area contributed by atoms with Gasteiger partial charge in [0.05, 0.1) is 16.8 Å². The zero-order chi connectivity index (χ0) is 14.5. The van der Waals surface area contributed by atoms with Crippen molar-refractivity contribution in [2.24, 2.45) is 5.92 Å². The van der Waals surface area contributed by atoms with Crippen molar-refractivity contribution in [3.8, 4) is 10.6 Å². The normalized spacial score (nSPS) is 18.5. The maximum atomic E-state index is 4.23. The van der Waals surface area contributed by atoms with Crippen molar-refractivity contribution in [3.63, 3.8) is 0 Å². The number of hydrogen-bond donors (Lipinski definition) is 2. The Morgan fingerprint density at radius 2 is 2.14 bits per heavy atom. The zero-order valence-electron chi connectivity index (χ0n) is 12.8. The molecule has 21 heavy (non-hydrogen) atoms. The molecule has 0 unspecified atom stereocenters. The van der Waals surface area contributed by atoms with E-state index in [1.54, 1.807) is 11.3 Å². The minimum Gasteiger partial charge on any atom is -0.310 e. The molecule has 1 aliphatic rings. The van der Waals surface area contributed by atoms with E-state index in [9.17, 15) is 0 Å². The summed E-state index contributed by atoms with van der Waals surface area (Å²) in [5.74, 6) is 0.838. The maximum absolute atomic E-state index is 4.23. The fourth-order valence-corrected chi connectivity index (χ4v) is 4.08. The molecule has 3 nitrogen and oxygen atoms in total. The molecule has 4 heteroatoms. The molecule has 2 heterocycles. The second-order valence-electron chi connectivity index (χ2n) is 6.17. The van der Waals surface area contributed by atoms with Crippen LogP contribution in [0.25, 0.3) is 10.6 Å². The maximum Gasteiger partial charge on any atom is 0.0794 e. The molecule has 1 saturated carbocycles. The highest BCUT2D eigenvalue weighted by atomic mass is 32.1.